The Labute approximate surface area is 143 Å². The number of hydrogen-bond donors (Lipinski definition) is 1. The highest BCUT2D eigenvalue weighted by molar-refractivity contribution is 8.00. The summed E-state index contributed by atoms with van der Waals surface area (Å²) < 4.78 is 0. The van der Waals surface area contributed by atoms with Crippen molar-refractivity contribution < 1.29 is 4.79 Å². The van der Waals surface area contributed by atoms with Crippen LogP contribution in [0, 0.1) is 0 Å². The van der Waals surface area contributed by atoms with Crippen LogP contribution in [0.3, 0.4) is 0 Å². The van der Waals surface area contributed by atoms with Crippen molar-refractivity contribution >= 4 is 29.0 Å². The summed E-state index contributed by atoms with van der Waals surface area (Å²) in [6.45, 7) is 0.487. The summed E-state index contributed by atoms with van der Waals surface area (Å²) >= 11 is 3.16. The maximum absolute atomic E-state index is 11.9. The van der Waals surface area contributed by atoms with Crippen LogP contribution in [0.1, 0.15) is 5.56 Å². The molecule has 0 bridgehead atoms. The van der Waals surface area contributed by atoms with E-state index in [0.717, 1.165) is 21.6 Å². The quantitative estimate of drug-likeness (QED) is 0.696. The highest BCUT2D eigenvalue weighted by Gasteiger charge is 2.05. The molecule has 3 aromatic heterocycles. The summed E-state index contributed by atoms with van der Waals surface area (Å²) in [6, 6.07) is 7.92. The molecule has 3 aromatic rings. The number of carbonyl (C=O) groups excluding carboxylic acids is 1. The molecule has 4 nitrogen and oxygen atoms in total. The van der Waals surface area contributed by atoms with Gasteiger partial charge >= 0.3 is 0 Å². The molecule has 1 N–H and O–H groups in total. The minimum Gasteiger partial charge on any atom is -0.351 e. The molecule has 0 unspecified atom stereocenters. The van der Waals surface area contributed by atoms with Crippen molar-refractivity contribution in [2.45, 2.75) is 11.4 Å². The number of amides is 1. The lowest BCUT2D eigenvalue weighted by Crippen LogP contribution is -2.24. The van der Waals surface area contributed by atoms with Crippen molar-refractivity contribution in [1.82, 2.24) is 15.3 Å². The molecular weight excluding hydrogens is 326 g/mol. The molecule has 0 aromatic carbocycles. The molecule has 116 valence electrons. The van der Waals surface area contributed by atoms with Gasteiger partial charge in [-0.1, -0.05) is 0 Å². The Morgan fingerprint density at radius 3 is 2.78 bits per heavy atom. The lowest BCUT2D eigenvalue weighted by atomic mass is 10.1. The van der Waals surface area contributed by atoms with E-state index < -0.39 is 0 Å². The minimum atomic E-state index is 0.00717. The number of pyridine rings is 2. The van der Waals surface area contributed by atoms with Gasteiger partial charge in [0.15, 0.2) is 0 Å². The molecule has 0 fully saturated rings. The van der Waals surface area contributed by atoms with Gasteiger partial charge in [-0.3, -0.25) is 14.8 Å². The number of nitrogens with zero attached hydrogens (tertiary/aromatic N) is 2. The van der Waals surface area contributed by atoms with Crippen molar-refractivity contribution in [2.24, 2.45) is 0 Å². The van der Waals surface area contributed by atoms with Gasteiger partial charge in [0.25, 0.3) is 0 Å². The fourth-order valence-corrected chi connectivity index (χ4v) is 3.38. The highest BCUT2D eigenvalue weighted by atomic mass is 32.2. The average molecular weight is 341 g/mol. The third-order valence-corrected chi connectivity index (χ3v) is 4.85. The van der Waals surface area contributed by atoms with Gasteiger partial charge < -0.3 is 5.32 Å². The monoisotopic (exact) mass is 341 g/mol. The van der Waals surface area contributed by atoms with Gasteiger partial charge in [0.2, 0.25) is 5.91 Å². The van der Waals surface area contributed by atoms with Gasteiger partial charge in [0.1, 0.15) is 0 Å². The molecular formula is C17H15N3OS2. The lowest BCUT2D eigenvalue weighted by molar-refractivity contribution is -0.118. The van der Waals surface area contributed by atoms with E-state index in [1.165, 1.54) is 11.8 Å². The zero-order valence-corrected chi connectivity index (χ0v) is 13.9. The maximum Gasteiger partial charge on any atom is 0.230 e. The van der Waals surface area contributed by atoms with Gasteiger partial charge in [-0.25, -0.2) is 0 Å². The Bertz CT molecular complexity index is 761. The molecule has 0 atom stereocenters. The number of carbonyl (C=O) groups is 1. The molecule has 0 aliphatic heterocycles. The van der Waals surface area contributed by atoms with Crippen LogP contribution in [-0.4, -0.2) is 21.6 Å². The Balaban J connectivity index is 1.52. The van der Waals surface area contributed by atoms with Crippen LogP contribution < -0.4 is 5.32 Å². The number of aromatic nitrogens is 2. The molecule has 0 spiro atoms. The predicted octanol–water partition coefficient (Wildman–Crippen LogP) is 3.61. The number of hydrogen-bond acceptors (Lipinski definition) is 5. The first-order chi connectivity index (χ1) is 11.3. The van der Waals surface area contributed by atoms with Crippen LogP contribution >= 0.6 is 23.1 Å². The number of rotatable bonds is 6. The normalized spacial score (nSPS) is 10.4. The molecule has 0 aliphatic carbocycles. The molecule has 6 heteroatoms. The van der Waals surface area contributed by atoms with Crippen molar-refractivity contribution in [1.29, 1.82) is 0 Å². The molecule has 0 aliphatic rings. The van der Waals surface area contributed by atoms with E-state index in [1.807, 2.05) is 23.7 Å². The summed E-state index contributed by atoms with van der Waals surface area (Å²) in [6.07, 6.45) is 7.07. The van der Waals surface area contributed by atoms with Gasteiger partial charge in [0, 0.05) is 41.8 Å². The first-order valence-corrected chi connectivity index (χ1v) is 9.00. The molecule has 0 radical (unpaired) electrons. The van der Waals surface area contributed by atoms with Crippen LogP contribution in [0.15, 0.2) is 64.7 Å². The van der Waals surface area contributed by atoms with Crippen molar-refractivity contribution in [2.75, 3.05) is 5.75 Å². The highest BCUT2D eigenvalue weighted by Crippen LogP contribution is 2.22. The zero-order valence-electron chi connectivity index (χ0n) is 12.3. The van der Waals surface area contributed by atoms with Crippen LogP contribution in [-0.2, 0) is 11.3 Å². The smallest absolute Gasteiger partial charge is 0.230 e. The SMILES string of the molecule is O=C(CSc1ccncc1)NCc1cncc(-c2ccsc2)c1. The van der Waals surface area contributed by atoms with Crippen molar-refractivity contribution in [3.05, 3.63) is 65.4 Å². The standard InChI is InChI=1S/C17H15N3OS2/c21-17(12-23-16-1-4-18-5-2-16)20-9-13-7-15(10-19-8-13)14-3-6-22-11-14/h1-8,10-11H,9,12H2,(H,20,21). The molecule has 0 saturated carbocycles. The van der Waals surface area contributed by atoms with Gasteiger partial charge in [-0.05, 0) is 46.2 Å². The average Bonchev–Trinajstić information content (AvgIpc) is 3.14. The minimum absolute atomic E-state index is 0.00717. The first kappa shape index (κ1) is 15.7. The Morgan fingerprint density at radius 2 is 2.00 bits per heavy atom. The molecule has 0 saturated heterocycles. The van der Waals surface area contributed by atoms with E-state index in [-0.39, 0.29) is 5.91 Å². The summed E-state index contributed by atoms with van der Waals surface area (Å²) in [5.41, 5.74) is 3.23. The molecule has 1 amide bonds. The summed E-state index contributed by atoms with van der Waals surface area (Å²) in [5, 5.41) is 7.06. The third-order valence-electron chi connectivity index (χ3n) is 3.16. The van der Waals surface area contributed by atoms with Gasteiger partial charge in [-0.15, -0.1) is 11.8 Å². The summed E-state index contributed by atoms with van der Waals surface area (Å²) in [5.74, 6) is 0.398. The fourth-order valence-electron chi connectivity index (χ4n) is 2.01. The first-order valence-electron chi connectivity index (χ1n) is 7.07. The van der Waals surface area contributed by atoms with E-state index in [1.54, 1.807) is 29.9 Å². The maximum atomic E-state index is 11.9. The third kappa shape index (κ3) is 4.64. The van der Waals surface area contributed by atoms with Crippen LogP contribution in [0.2, 0.25) is 0 Å². The summed E-state index contributed by atoms with van der Waals surface area (Å²) in [7, 11) is 0. The van der Waals surface area contributed by atoms with E-state index in [0.29, 0.717) is 12.3 Å². The summed E-state index contributed by atoms with van der Waals surface area (Å²) in [4.78, 5) is 21.2. The van der Waals surface area contributed by atoms with Crippen LogP contribution in [0.25, 0.3) is 11.1 Å². The van der Waals surface area contributed by atoms with E-state index >= 15 is 0 Å². The van der Waals surface area contributed by atoms with E-state index in [4.69, 9.17) is 0 Å². The van der Waals surface area contributed by atoms with Crippen molar-refractivity contribution in [3.8, 4) is 11.1 Å². The Hall–Kier alpha value is -2.18. The number of thiophene rings is 1. The second-order valence-corrected chi connectivity index (χ2v) is 6.67. The second-order valence-electron chi connectivity index (χ2n) is 4.84. The van der Waals surface area contributed by atoms with Gasteiger partial charge in [-0.2, -0.15) is 11.3 Å². The van der Waals surface area contributed by atoms with Crippen LogP contribution in [0.4, 0.5) is 0 Å². The lowest BCUT2D eigenvalue weighted by Gasteiger charge is -2.06. The molecule has 3 rings (SSSR count). The van der Waals surface area contributed by atoms with E-state index in [2.05, 4.69) is 32.8 Å². The number of thioether (sulfide) groups is 1. The zero-order chi connectivity index (χ0) is 15.9. The molecule has 23 heavy (non-hydrogen) atoms. The van der Waals surface area contributed by atoms with Gasteiger partial charge in [0.05, 0.1) is 5.75 Å². The Morgan fingerprint density at radius 1 is 1.13 bits per heavy atom. The largest absolute Gasteiger partial charge is 0.351 e. The van der Waals surface area contributed by atoms with Crippen LogP contribution in [0.5, 0.6) is 0 Å². The topological polar surface area (TPSA) is 54.9 Å². The fraction of sp³-hybridized carbons (Fsp3) is 0.118. The Kier molecular flexibility index (Phi) is 5.39. The second kappa shape index (κ2) is 7.89. The molecule has 3 heterocycles. The van der Waals surface area contributed by atoms with E-state index in [9.17, 15) is 4.79 Å². The number of nitrogens with one attached hydrogen (secondary N) is 1. The van der Waals surface area contributed by atoms with Crippen molar-refractivity contribution in [3.63, 3.8) is 0 Å². The predicted molar refractivity (Wildman–Crippen MR) is 94.4 cm³/mol.